The smallest absolute Gasteiger partial charge is 0.263 e. The van der Waals surface area contributed by atoms with Gasteiger partial charge in [-0.1, -0.05) is 12.1 Å². The molecule has 1 amide bonds. The van der Waals surface area contributed by atoms with E-state index in [1.807, 2.05) is 37.4 Å². The van der Waals surface area contributed by atoms with Crippen LogP contribution in [-0.4, -0.2) is 30.0 Å². The van der Waals surface area contributed by atoms with E-state index in [9.17, 15) is 9.59 Å². The third-order valence-corrected chi connectivity index (χ3v) is 6.33. The SMILES string of the molecule is Cc1ccc(-c2cc(C(=O)Nc3cccc(-c4ncc5n4C(C)(C)CC5)n3)c(=O)n(C)c2)cn1. The lowest BCUT2D eigenvalue weighted by Crippen LogP contribution is -2.28. The number of aryl methyl sites for hydroxylation is 3. The first-order chi connectivity index (χ1) is 16.2. The molecule has 34 heavy (non-hydrogen) atoms. The number of carbonyl (C=O) groups excluding carboxylic acids is 1. The summed E-state index contributed by atoms with van der Waals surface area (Å²) in [7, 11) is 1.63. The highest BCUT2D eigenvalue weighted by Gasteiger charge is 2.32. The summed E-state index contributed by atoms with van der Waals surface area (Å²) in [4.78, 5) is 39.4. The van der Waals surface area contributed by atoms with E-state index in [-0.39, 0.29) is 16.7 Å². The molecule has 1 N–H and O–H groups in total. The summed E-state index contributed by atoms with van der Waals surface area (Å²) < 4.78 is 3.62. The molecule has 0 saturated carbocycles. The van der Waals surface area contributed by atoms with Gasteiger partial charge in [-0.15, -0.1) is 0 Å². The molecule has 0 bridgehead atoms. The summed E-state index contributed by atoms with van der Waals surface area (Å²) in [5, 5.41) is 2.79. The van der Waals surface area contributed by atoms with Crippen LogP contribution in [0.5, 0.6) is 0 Å². The highest BCUT2D eigenvalue weighted by molar-refractivity contribution is 6.04. The van der Waals surface area contributed by atoms with Crippen LogP contribution in [0.15, 0.2) is 59.8 Å². The van der Waals surface area contributed by atoms with Crippen molar-refractivity contribution in [3.63, 3.8) is 0 Å². The number of fused-ring (bicyclic) bond motifs is 1. The molecule has 0 aliphatic carbocycles. The molecule has 8 nitrogen and oxygen atoms in total. The van der Waals surface area contributed by atoms with E-state index in [4.69, 9.17) is 0 Å². The molecule has 8 heteroatoms. The van der Waals surface area contributed by atoms with E-state index in [0.29, 0.717) is 11.5 Å². The molecule has 172 valence electrons. The summed E-state index contributed by atoms with van der Waals surface area (Å²) in [6.07, 6.45) is 7.35. The normalized spacial score (nSPS) is 14.1. The third kappa shape index (κ3) is 3.81. The summed E-state index contributed by atoms with van der Waals surface area (Å²) in [6.45, 7) is 6.28. The number of hydrogen-bond donors (Lipinski definition) is 1. The molecule has 1 aliphatic heterocycles. The number of anilines is 1. The number of aromatic nitrogens is 5. The number of carbonyl (C=O) groups is 1. The van der Waals surface area contributed by atoms with Crippen molar-refractivity contribution in [1.82, 2.24) is 24.1 Å². The lowest BCUT2D eigenvalue weighted by molar-refractivity contribution is 0.102. The number of nitrogens with one attached hydrogen (secondary N) is 1. The van der Waals surface area contributed by atoms with Crippen LogP contribution in [0.25, 0.3) is 22.6 Å². The van der Waals surface area contributed by atoms with Gasteiger partial charge in [0.25, 0.3) is 11.5 Å². The van der Waals surface area contributed by atoms with Crippen LogP contribution >= 0.6 is 0 Å². The van der Waals surface area contributed by atoms with E-state index >= 15 is 0 Å². The van der Waals surface area contributed by atoms with Gasteiger partial charge in [0.2, 0.25) is 0 Å². The van der Waals surface area contributed by atoms with Crippen LogP contribution in [0.2, 0.25) is 0 Å². The minimum atomic E-state index is -0.513. The zero-order valence-electron chi connectivity index (χ0n) is 19.7. The topological polar surface area (TPSA) is 94.7 Å². The number of hydrogen-bond acceptors (Lipinski definition) is 5. The molecule has 4 aromatic heterocycles. The second-order valence-corrected chi connectivity index (χ2v) is 9.33. The molecule has 0 atom stereocenters. The van der Waals surface area contributed by atoms with Crippen molar-refractivity contribution in [3.05, 3.63) is 82.3 Å². The molecular weight excluding hydrogens is 428 g/mol. The van der Waals surface area contributed by atoms with E-state index in [1.165, 1.54) is 10.3 Å². The zero-order chi connectivity index (χ0) is 24.0. The Morgan fingerprint density at radius 1 is 1.09 bits per heavy atom. The number of imidazole rings is 1. The van der Waals surface area contributed by atoms with Gasteiger partial charge in [0.15, 0.2) is 5.82 Å². The molecule has 0 fully saturated rings. The second kappa shape index (κ2) is 8.06. The molecule has 0 radical (unpaired) electrons. The Labute approximate surface area is 197 Å². The Morgan fingerprint density at radius 2 is 1.91 bits per heavy atom. The van der Waals surface area contributed by atoms with Crippen LogP contribution in [0.3, 0.4) is 0 Å². The average molecular weight is 455 g/mol. The number of amides is 1. The molecule has 5 heterocycles. The Balaban J connectivity index is 1.46. The minimum Gasteiger partial charge on any atom is -0.321 e. The van der Waals surface area contributed by atoms with Crippen molar-refractivity contribution in [2.45, 2.75) is 39.2 Å². The van der Waals surface area contributed by atoms with Gasteiger partial charge in [-0.25, -0.2) is 9.97 Å². The fourth-order valence-corrected chi connectivity index (χ4v) is 4.45. The van der Waals surface area contributed by atoms with Gasteiger partial charge >= 0.3 is 0 Å². The monoisotopic (exact) mass is 454 g/mol. The van der Waals surface area contributed by atoms with Crippen LogP contribution in [-0.2, 0) is 19.0 Å². The highest BCUT2D eigenvalue weighted by atomic mass is 16.2. The van der Waals surface area contributed by atoms with Gasteiger partial charge in [0, 0.05) is 53.7 Å². The van der Waals surface area contributed by atoms with Gasteiger partial charge in [0.05, 0.1) is 0 Å². The maximum atomic E-state index is 13.1. The van der Waals surface area contributed by atoms with Crippen LogP contribution in [0.1, 0.15) is 42.0 Å². The molecule has 0 unspecified atom stereocenters. The molecule has 0 spiro atoms. The molecule has 1 aliphatic rings. The predicted octanol–water partition coefficient (Wildman–Crippen LogP) is 3.95. The molecule has 0 saturated heterocycles. The van der Waals surface area contributed by atoms with E-state index in [1.54, 1.807) is 31.6 Å². The predicted molar refractivity (Wildman–Crippen MR) is 131 cm³/mol. The maximum absolute atomic E-state index is 13.1. The quantitative estimate of drug-likeness (QED) is 0.504. The number of pyridine rings is 3. The molecular formula is C26H26N6O2. The van der Waals surface area contributed by atoms with Crippen LogP contribution in [0, 0.1) is 6.92 Å². The summed E-state index contributed by atoms with van der Waals surface area (Å²) in [5.74, 6) is 0.624. The zero-order valence-corrected chi connectivity index (χ0v) is 19.7. The Morgan fingerprint density at radius 3 is 2.68 bits per heavy atom. The third-order valence-electron chi connectivity index (χ3n) is 6.33. The van der Waals surface area contributed by atoms with Crippen molar-refractivity contribution in [1.29, 1.82) is 0 Å². The van der Waals surface area contributed by atoms with Gasteiger partial charge in [-0.05, 0) is 57.9 Å². The fraction of sp³-hybridized carbons (Fsp3) is 0.269. The summed E-state index contributed by atoms with van der Waals surface area (Å²) in [6, 6.07) is 10.8. The van der Waals surface area contributed by atoms with E-state index < -0.39 is 5.91 Å². The highest BCUT2D eigenvalue weighted by Crippen LogP contribution is 2.36. The average Bonchev–Trinajstić information content (AvgIpc) is 3.37. The van der Waals surface area contributed by atoms with Crippen molar-refractivity contribution in [2.75, 3.05) is 5.32 Å². The summed E-state index contributed by atoms with van der Waals surface area (Å²) in [5.41, 5.74) is 3.92. The molecule has 5 rings (SSSR count). The van der Waals surface area contributed by atoms with Crippen molar-refractivity contribution < 1.29 is 4.79 Å². The van der Waals surface area contributed by atoms with Gasteiger partial charge in [0.1, 0.15) is 17.1 Å². The van der Waals surface area contributed by atoms with Crippen molar-refractivity contribution in [3.8, 4) is 22.6 Å². The molecule has 4 aromatic rings. The second-order valence-electron chi connectivity index (χ2n) is 9.33. The van der Waals surface area contributed by atoms with Gasteiger partial charge < -0.3 is 14.5 Å². The van der Waals surface area contributed by atoms with Gasteiger partial charge in [-0.3, -0.25) is 14.6 Å². The number of rotatable bonds is 4. The number of nitrogens with zero attached hydrogens (tertiary/aromatic N) is 5. The largest absolute Gasteiger partial charge is 0.321 e. The van der Waals surface area contributed by atoms with Crippen LogP contribution in [0.4, 0.5) is 5.82 Å². The summed E-state index contributed by atoms with van der Waals surface area (Å²) >= 11 is 0. The van der Waals surface area contributed by atoms with E-state index in [0.717, 1.165) is 35.5 Å². The Kier molecular flexibility index (Phi) is 5.16. The Bertz CT molecular complexity index is 1460. The standard InChI is InChI=1S/C26H26N6O2/c1-16-8-9-17(13-27-16)18-12-20(25(34)31(4)15-18)24(33)30-22-7-5-6-21(29-22)23-28-14-19-10-11-26(2,3)32(19)23/h5-9,12-15H,10-11H2,1-4H3,(H,29,30,33). The maximum Gasteiger partial charge on any atom is 0.263 e. The van der Waals surface area contributed by atoms with E-state index in [2.05, 4.69) is 38.7 Å². The Hall–Kier alpha value is -4.07. The first-order valence-corrected chi connectivity index (χ1v) is 11.2. The fourth-order valence-electron chi connectivity index (χ4n) is 4.45. The van der Waals surface area contributed by atoms with Crippen molar-refractivity contribution >= 4 is 11.7 Å². The van der Waals surface area contributed by atoms with Crippen molar-refractivity contribution in [2.24, 2.45) is 7.05 Å². The first-order valence-electron chi connectivity index (χ1n) is 11.2. The van der Waals surface area contributed by atoms with Gasteiger partial charge in [-0.2, -0.15) is 0 Å². The van der Waals surface area contributed by atoms with Crippen LogP contribution < -0.4 is 10.9 Å². The lowest BCUT2D eigenvalue weighted by Gasteiger charge is -2.23. The first kappa shape index (κ1) is 21.8. The molecule has 0 aromatic carbocycles. The minimum absolute atomic E-state index is 0.0376. The lowest BCUT2D eigenvalue weighted by atomic mass is 10.0.